The van der Waals surface area contributed by atoms with Crippen LogP contribution in [0.25, 0.3) is 0 Å². The molecule has 2 N–H and O–H groups in total. The van der Waals surface area contributed by atoms with Crippen LogP contribution in [0, 0.1) is 6.92 Å². The average Bonchev–Trinajstić information content (AvgIpc) is 2.95. The Bertz CT molecular complexity index is 876. The number of anilines is 2. The Labute approximate surface area is 143 Å². The molecule has 2 aromatic carbocycles. The van der Waals surface area contributed by atoms with E-state index in [0.29, 0.717) is 30.1 Å². The number of ether oxygens (including phenoxy) is 1. The van der Waals surface area contributed by atoms with Crippen LogP contribution in [0.1, 0.15) is 25.0 Å². The monoisotopic (exact) mass is 346 g/mol. The fourth-order valence-corrected chi connectivity index (χ4v) is 4.60. The topological polar surface area (TPSA) is 72.6 Å². The van der Waals surface area contributed by atoms with E-state index in [1.54, 1.807) is 24.3 Å². The van der Waals surface area contributed by atoms with E-state index in [1.807, 2.05) is 32.9 Å². The lowest BCUT2D eigenvalue weighted by Crippen LogP contribution is -2.29. The van der Waals surface area contributed by atoms with Crippen LogP contribution in [0.4, 0.5) is 11.4 Å². The second kappa shape index (κ2) is 6.02. The third-order valence-electron chi connectivity index (χ3n) is 4.08. The number of aryl methyl sites for hydroxylation is 1. The van der Waals surface area contributed by atoms with Crippen molar-refractivity contribution >= 4 is 21.4 Å². The molecule has 0 aliphatic carbocycles. The standard InChI is InChI=1S/C18H22N2O3S/c1-12(2)23-17-8-7-15(11-13(17)3)24(21,22)20-10-9-14-5-4-6-16(19)18(14)20/h4-8,11-12H,9-10,19H2,1-3H3. The van der Waals surface area contributed by atoms with Crippen molar-refractivity contribution in [3.8, 4) is 5.75 Å². The first kappa shape index (κ1) is 16.6. The summed E-state index contributed by atoms with van der Waals surface area (Å²) in [6.07, 6.45) is 0.712. The highest BCUT2D eigenvalue weighted by Crippen LogP contribution is 2.38. The molecule has 24 heavy (non-hydrogen) atoms. The van der Waals surface area contributed by atoms with Crippen LogP contribution in [0.15, 0.2) is 41.3 Å². The third kappa shape index (κ3) is 2.82. The predicted molar refractivity (Wildman–Crippen MR) is 96.0 cm³/mol. The molecule has 1 aliphatic heterocycles. The van der Waals surface area contributed by atoms with Gasteiger partial charge in [0, 0.05) is 6.54 Å². The maximum atomic E-state index is 13.1. The van der Waals surface area contributed by atoms with E-state index in [1.165, 1.54) is 4.31 Å². The summed E-state index contributed by atoms with van der Waals surface area (Å²) in [5.41, 5.74) is 8.88. The van der Waals surface area contributed by atoms with Crippen molar-refractivity contribution in [1.29, 1.82) is 0 Å². The van der Waals surface area contributed by atoms with Crippen molar-refractivity contribution in [2.24, 2.45) is 0 Å². The first-order chi connectivity index (χ1) is 11.3. The molecule has 0 saturated heterocycles. The van der Waals surface area contributed by atoms with Crippen molar-refractivity contribution in [3.63, 3.8) is 0 Å². The van der Waals surface area contributed by atoms with E-state index in [4.69, 9.17) is 10.5 Å². The summed E-state index contributed by atoms with van der Waals surface area (Å²) in [4.78, 5) is 0.257. The lowest BCUT2D eigenvalue weighted by molar-refractivity contribution is 0.240. The van der Waals surface area contributed by atoms with E-state index in [-0.39, 0.29) is 11.0 Å². The van der Waals surface area contributed by atoms with E-state index >= 15 is 0 Å². The van der Waals surface area contributed by atoms with Gasteiger partial charge in [0.15, 0.2) is 0 Å². The highest BCUT2D eigenvalue weighted by molar-refractivity contribution is 7.92. The van der Waals surface area contributed by atoms with Crippen molar-refractivity contribution in [3.05, 3.63) is 47.5 Å². The normalized spacial score (nSPS) is 14.1. The largest absolute Gasteiger partial charge is 0.491 e. The second-order valence-corrected chi connectivity index (χ2v) is 8.14. The van der Waals surface area contributed by atoms with Gasteiger partial charge in [-0.1, -0.05) is 12.1 Å². The number of sulfonamides is 1. The predicted octanol–water partition coefficient (Wildman–Crippen LogP) is 3.12. The number of para-hydroxylation sites is 1. The Morgan fingerprint density at radius 1 is 1.21 bits per heavy atom. The van der Waals surface area contributed by atoms with E-state index in [2.05, 4.69) is 0 Å². The van der Waals surface area contributed by atoms with Gasteiger partial charge in [-0.3, -0.25) is 4.31 Å². The first-order valence-electron chi connectivity index (χ1n) is 7.98. The first-order valence-corrected chi connectivity index (χ1v) is 9.42. The zero-order valence-electron chi connectivity index (χ0n) is 14.1. The maximum Gasteiger partial charge on any atom is 0.264 e. The van der Waals surface area contributed by atoms with Gasteiger partial charge in [0.25, 0.3) is 10.0 Å². The maximum absolute atomic E-state index is 13.1. The van der Waals surface area contributed by atoms with Gasteiger partial charge in [0.05, 0.1) is 22.4 Å². The van der Waals surface area contributed by atoms with Gasteiger partial charge in [0.2, 0.25) is 0 Å². The quantitative estimate of drug-likeness (QED) is 0.863. The number of hydrogen-bond acceptors (Lipinski definition) is 4. The van der Waals surface area contributed by atoms with Gasteiger partial charge in [0.1, 0.15) is 5.75 Å². The fraction of sp³-hybridized carbons (Fsp3) is 0.333. The van der Waals surface area contributed by atoms with Gasteiger partial charge in [-0.2, -0.15) is 0 Å². The van der Waals surface area contributed by atoms with Crippen LogP contribution >= 0.6 is 0 Å². The molecule has 0 radical (unpaired) electrons. The number of rotatable bonds is 4. The highest BCUT2D eigenvalue weighted by Gasteiger charge is 2.32. The van der Waals surface area contributed by atoms with E-state index in [9.17, 15) is 8.42 Å². The molecule has 1 heterocycles. The SMILES string of the molecule is Cc1cc(S(=O)(=O)N2CCc3cccc(N)c32)ccc1OC(C)C. The highest BCUT2D eigenvalue weighted by atomic mass is 32.2. The van der Waals surface area contributed by atoms with Gasteiger partial charge < -0.3 is 10.5 Å². The number of fused-ring (bicyclic) bond motifs is 1. The number of nitrogen functional groups attached to an aromatic ring is 1. The molecule has 0 fully saturated rings. The smallest absolute Gasteiger partial charge is 0.264 e. The van der Waals surface area contributed by atoms with Gasteiger partial charge in [-0.05, 0) is 62.6 Å². The van der Waals surface area contributed by atoms with Crippen LogP contribution in [0.3, 0.4) is 0 Å². The van der Waals surface area contributed by atoms with Crippen LogP contribution in [-0.2, 0) is 16.4 Å². The zero-order chi connectivity index (χ0) is 17.5. The third-order valence-corrected chi connectivity index (χ3v) is 5.88. The number of nitrogens with two attached hydrogens (primary N) is 1. The molecule has 0 bridgehead atoms. The van der Waals surface area contributed by atoms with Crippen molar-refractivity contribution in [1.82, 2.24) is 0 Å². The Hall–Kier alpha value is -2.21. The van der Waals surface area contributed by atoms with Crippen LogP contribution in [0.5, 0.6) is 5.75 Å². The summed E-state index contributed by atoms with van der Waals surface area (Å²) in [6.45, 7) is 6.14. The molecule has 6 heteroatoms. The van der Waals surface area contributed by atoms with E-state index in [0.717, 1.165) is 11.1 Å². The van der Waals surface area contributed by atoms with Crippen molar-refractivity contribution in [2.45, 2.75) is 38.2 Å². The summed E-state index contributed by atoms with van der Waals surface area (Å²) in [5.74, 6) is 0.699. The summed E-state index contributed by atoms with van der Waals surface area (Å²) in [6, 6.07) is 10.5. The molecule has 0 unspecified atom stereocenters. The lowest BCUT2D eigenvalue weighted by Gasteiger charge is -2.22. The van der Waals surface area contributed by atoms with Crippen LogP contribution in [0.2, 0.25) is 0 Å². The molecule has 0 atom stereocenters. The minimum Gasteiger partial charge on any atom is -0.491 e. The Morgan fingerprint density at radius 2 is 1.96 bits per heavy atom. The van der Waals surface area contributed by atoms with Gasteiger partial charge in [-0.25, -0.2) is 8.42 Å². The fourth-order valence-electron chi connectivity index (χ4n) is 2.99. The van der Waals surface area contributed by atoms with Crippen molar-refractivity contribution < 1.29 is 13.2 Å². The molecule has 1 aliphatic rings. The summed E-state index contributed by atoms with van der Waals surface area (Å²) in [7, 11) is -3.64. The lowest BCUT2D eigenvalue weighted by atomic mass is 10.1. The second-order valence-electron chi connectivity index (χ2n) is 6.28. The summed E-state index contributed by atoms with van der Waals surface area (Å²) < 4.78 is 33.2. The molecule has 2 aromatic rings. The summed E-state index contributed by atoms with van der Waals surface area (Å²) in [5, 5.41) is 0. The number of nitrogens with zero attached hydrogens (tertiary/aromatic N) is 1. The Balaban J connectivity index is 2.00. The number of hydrogen-bond donors (Lipinski definition) is 1. The zero-order valence-corrected chi connectivity index (χ0v) is 14.9. The molecule has 128 valence electrons. The average molecular weight is 346 g/mol. The number of benzene rings is 2. The van der Waals surface area contributed by atoms with Gasteiger partial charge in [-0.15, -0.1) is 0 Å². The van der Waals surface area contributed by atoms with Crippen molar-refractivity contribution in [2.75, 3.05) is 16.6 Å². The minimum absolute atomic E-state index is 0.0383. The molecule has 5 nitrogen and oxygen atoms in total. The molecule has 3 rings (SSSR count). The molecule has 0 saturated carbocycles. The molecule has 0 spiro atoms. The van der Waals surface area contributed by atoms with E-state index < -0.39 is 10.0 Å². The summed E-state index contributed by atoms with van der Waals surface area (Å²) >= 11 is 0. The molecule has 0 amide bonds. The van der Waals surface area contributed by atoms with Crippen LogP contribution in [-0.4, -0.2) is 21.1 Å². The molecular weight excluding hydrogens is 324 g/mol. The molecular formula is C18H22N2O3S. The Kier molecular flexibility index (Phi) is 4.17. The molecule has 0 aromatic heterocycles. The minimum atomic E-state index is -3.64. The van der Waals surface area contributed by atoms with Gasteiger partial charge >= 0.3 is 0 Å². The van der Waals surface area contributed by atoms with Crippen LogP contribution < -0.4 is 14.8 Å². The Morgan fingerprint density at radius 3 is 2.62 bits per heavy atom.